The predicted octanol–water partition coefficient (Wildman–Crippen LogP) is 9.69. The lowest BCUT2D eigenvalue weighted by Gasteiger charge is -2.26. The number of aryl methyl sites for hydroxylation is 2. The van der Waals surface area contributed by atoms with Crippen molar-refractivity contribution in [3.63, 3.8) is 0 Å². The van der Waals surface area contributed by atoms with Gasteiger partial charge in [-0.3, -0.25) is 4.90 Å². The lowest BCUT2D eigenvalue weighted by Crippen LogP contribution is -2.32. The lowest BCUT2D eigenvalue weighted by molar-refractivity contribution is 0.0432. The van der Waals surface area contributed by atoms with Crippen LogP contribution in [0.4, 0.5) is 11.4 Å². The molecular formula is C31H47NO2S. The molecule has 1 N–H and O–H groups in total. The maximum Gasteiger partial charge on any atom is 0.344 e. The Morgan fingerprint density at radius 3 is 1.29 bits per heavy atom. The molecule has 1 fully saturated rings. The van der Waals surface area contributed by atoms with Crippen molar-refractivity contribution in [2.45, 2.75) is 122 Å². The molecule has 35 heavy (non-hydrogen) atoms. The van der Waals surface area contributed by atoms with E-state index in [2.05, 4.69) is 62.4 Å². The normalized spacial score (nSPS) is 17.0. The minimum Gasteiger partial charge on any atom is -0.337 e. The molecule has 1 aliphatic rings. The standard InChI is InChI=1S/C31H47NO2S/c1-3-5-7-9-11-13-15-17-27-19-23-29(24-20-27)32(31(33)34-35-31)30-25-21-28(22-26-30)18-16-14-12-10-8-6-4-2/h19-26,33H,3-18H2,1-2H3. The summed E-state index contributed by atoms with van der Waals surface area (Å²) in [5, 5.41) is 9.52. The number of unbranched alkanes of at least 4 members (excludes halogenated alkanes) is 12. The SMILES string of the molecule is CCCCCCCCCc1ccc(N(c2ccc(CCCCCCCCC)cc2)C2(O)OS2)cc1. The molecule has 2 aromatic carbocycles. The smallest absolute Gasteiger partial charge is 0.337 e. The quantitative estimate of drug-likeness (QED) is 0.0906. The first-order chi connectivity index (χ1) is 17.2. The molecule has 1 aliphatic heterocycles. The van der Waals surface area contributed by atoms with Gasteiger partial charge in [0.15, 0.2) is 0 Å². The van der Waals surface area contributed by atoms with Gasteiger partial charge in [0.1, 0.15) is 0 Å². The third-order valence-corrected chi connectivity index (χ3v) is 7.69. The van der Waals surface area contributed by atoms with E-state index in [1.54, 1.807) is 0 Å². The van der Waals surface area contributed by atoms with Crippen LogP contribution in [0.5, 0.6) is 0 Å². The van der Waals surface area contributed by atoms with E-state index < -0.39 is 5.24 Å². The van der Waals surface area contributed by atoms with E-state index in [-0.39, 0.29) is 0 Å². The summed E-state index contributed by atoms with van der Waals surface area (Å²) in [6, 6.07) is 17.3. The van der Waals surface area contributed by atoms with Gasteiger partial charge in [-0.05, 0) is 61.1 Å². The number of rotatable bonds is 19. The highest BCUT2D eigenvalue weighted by Gasteiger charge is 2.53. The van der Waals surface area contributed by atoms with E-state index >= 15 is 0 Å². The van der Waals surface area contributed by atoms with Crippen molar-refractivity contribution in [1.82, 2.24) is 0 Å². The third kappa shape index (κ3) is 9.82. The molecule has 0 amide bonds. The molecule has 0 aliphatic carbocycles. The second-order valence-corrected chi connectivity index (χ2v) is 11.0. The number of hydrogen-bond donors (Lipinski definition) is 1. The summed E-state index contributed by atoms with van der Waals surface area (Å²) in [6.45, 7) is 4.54. The largest absolute Gasteiger partial charge is 0.344 e. The molecule has 1 heterocycles. The summed E-state index contributed by atoms with van der Waals surface area (Å²) >= 11 is 1.11. The van der Waals surface area contributed by atoms with Crippen LogP contribution in [0.15, 0.2) is 48.5 Å². The highest BCUT2D eigenvalue weighted by molar-refractivity contribution is 8.01. The van der Waals surface area contributed by atoms with Crippen LogP contribution in [0.1, 0.15) is 115 Å². The second-order valence-electron chi connectivity index (χ2n) is 10.1. The summed E-state index contributed by atoms with van der Waals surface area (Å²) in [4.78, 5) is 1.90. The molecule has 0 radical (unpaired) electrons. The average Bonchev–Trinajstić information content (AvgIpc) is 3.62. The van der Waals surface area contributed by atoms with Crippen LogP contribution in [-0.2, 0) is 17.0 Å². The van der Waals surface area contributed by atoms with Crippen LogP contribution >= 0.6 is 12.0 Å². The molecule has 0 saturated carbocycles. The maximum absolute atomic E-state index is 10.8. The molecule has 4 heteroatoms. The number of hydrogen-bond acceptors (Lipinski definition) is 4. The summed E-state index contributed by atoms with van der Waals surface area (Å²) in [6.07, 6.45) is 20.9. The fraction of sp³-hybridized carbons (Fsp3) is 0.613. The van der Waals surface area contributed by atoms with Crippen LogP contribution in [0.3, 0.4) is 0 Å². The Morgan fingerprint density at radius 2 is 0.943 bits per heavy atom. The molecular weight excluding hydrogens is 450 g/mol. The Bertz CT molecular complexity index is 755. The van der Waals surface area contributed by atoms with Crippen molar-refractivity contribution in [3.8, 4) is 0 Å². The van der Waals surface area contributed by atoms with Crippen LogP contribution in [0.25, 0.3) is 0 Å². The van der Waals surface area contributed by atoms with Gasteiger partial charge in [-0.25, -0.2) is 4.18 Å². The Hall–Kier alpha value is -1.49. The van der Waals surface area contributed by atoms with Crippen LogP contribution in [0.2, 0.25) is 0 Å². The first-order valence-corrected chi connectivity index (χ1v) is 15.0. The van der Waals surface area contributed by atoms with Gasteiger partial charge in [-0.15, -0.1) is 0 Å². The van der Waals surface area contributed by atoms with Gasteiger partial charge in [-0.1, -0.05) is 115 Å². The minimum atomic E-state index is -1.31. The second kappa shape index (κ2) is 15.6. The lowest BCUT2D eigenvalue weighted by atomic mass is 10.0. The molecule has 2 aromatic rings. The Balaban J connectivity index is 1.48. The molecule has 3 nitrogen and oxygen atoms in total. The van der Waals surface area contributed by atoms with Crippen molar-refractivity contribution in [3.05, 3.63) is 59.7 Å². The summed E-state index contributed by atoms with van der Waals surface area (Å²) < 4.78 is 5.37. The first-order valence-electron chi connectivity index (χ1n) is 14.2. The molecule has 3 rings (SSSR count). The molecule has 0 aromatic heterocycles. The molecule has 0 bridgehead atoms. The van der Waals surface area contributed by atoms with Crippen molar-refractivity contribution in [2.75, 3.05) is 4.90 Å². The number of benzene rings is 2. The van der Waals surface area contributed by atoms with Gasteiger partial charge in [-0.2, -0.15) is 0 Å². The number of nitrogens with zero attached hydrogens (tertiary/aromatic N) is 1. The highest BCUT2D eigenvalue weighted by Crippen LogP contribution is 2.52. The van der Waals surface area contributed by atoms with E-state index in [9.17, 15) is 5.11 Å². The van der Waals surface area contributed by atoms with Gasteiger partial charge in [0.25, 0.3) is 0 Å². The molecule has 1 saturated heterocycles. The van der Waals surface area contributed by atoms with Crippen LogP contribution in [0, 0.1) is 0 Å². The zero-order chi connectivity index (χ0) is 24.8. The fourth-order valence-electron chi connectivity index (χ4n) is 4.78. The monoisotopic (exact) mass is 497 g/mol. The van der Waals surface area contributed by atoms with Gasteiger partial charge in [0.05, 0.1) is 12.0 Å². The topological polar surface area (TPSA) is 36.0 Å². The molecule has 194 valence electrons. The Kier molecular flexibility index (Phi) is 12.5. The predicted molar refractivity (Wildman–Crippen MR) is 152 cm³/mol. The maximum atomic E-state index is 10.8. The average molecular weight is 498 g/mol. The van der Waals surface area contributed by atoms with Gasteiger partial charge < -0.3 is 5.11 Å². The van der Waals surface area contributed by atoms with E-state index in [1.165, 1.54) is 101 Å². The van der Waals surface area contributed by atoms with Crippen LogP contribution < -0.4 is 4.90 Å². The van der Waals surface area contributed by atoms with Gasteiger partial charge in [0.2, 0.25) is 0 Å². The Morgan fingerprint density at radius 1 is 0.600 bits per heavy atom. The minimum absolute atomic E-state index is 0.959. The zero-order valence-electron chi connectivity index (χ0n) is 22.1. The fourth-order valence-corrected chi connectivity index (χ4v) is 5.22. The summed E-state index contributed by atoms with van der Waals surface area (Å²) in [5.74, 6) is 0. The summed E-state index contributed by atoms with van der Waals surface area (Å²) in [7, 11) is 0. The van der Waals surface area contributed by atoms with E-state index in [1.807, 2.05) is 4.90 Å². The first kappa shape index (κ1) is 28.1. The van der Waals surface area contributed by atoms with E-state index in [0.717, 1.165) is 36.3 Å². The third-order valence-electron chi connectivity index (χ3n) is 7.04. The van der Waals surface area contributed by atoms with Crippen LogP contribution in [-0.4, -0.2) is 10.3 Å². The highest BCUT2D eigenvalue weighted by atomic mass is 32.2. The summed E-state index contributed by atoms with van der Waals surface area (Å²) in [5.41, 5.74) is 4.65. The molecule has 1 unspecified atom stereocenters. The van der Waals surface area contributed by atoms with Crippen molar-refractivity contribution < 1.29 is 9.29 Å². The molecule has 1 atom stereocenters. The van der Waals surface area contributed by atoms with E-state index in [4.69, 9.17) is 4.18 Å². The Labute approximate surface area is 218 Å². The van der Waals surface area contributed by atoms with Gasteiger partial charge in [0, 0.05) is 11.4 Å². The molecule has 0 spiro atoms. The zero-order valence-corrected chi connectivity index (χ0v) is 23.0. The van der Waals surface area contributed by atoms with Gasteiger partial charge >= 0.3 is 5.24 Å². The van der Waals surface area contributed by atoms with Crippen molar-refractivity contribution >= 4 is 23.4 Å². The van der Waals surface area contributed by atoms with Crippen molar-refractivity contribution in [1.29, 1.82) is 0 Å². The van der Waals surface area contributed by atoms with E-state index in [0.29, 0.717) is 0 Å². The van der Waals surface area contributed by atoms with Crippen molar-refractivity contribution in [2.24, 2.45) is 0 Å². The number of anilines is 2. The number of aliphatic hydroxyl groups is 1.